The molecule has 0 radical (unpaired) electrons. The summed E-state index contributed by atoms with van der Waals surface area (Å²) < 4.78 is 2.03. The van der Waals surface area contributed by atoms with E-state index in [2.05, 4.69) is 36.2 Å². The van der Waals surface area contributed by atoms with Gasteiger partial charge in [-0.2, -0.15) is 5.10 Å². The lowest BCUT2D eigenvalue weighted by Crippen LogP contribution is -2.16. The second-order valence-electron chi connectivity index (χ2n) is 6.08. The van der Waals surface area contributed by atoms with Gasteiger partial charge in [0.25, 0.3) is 0 Å². The minimum atomic E-state index is 0.652. The van der Waals surface area contributed by atoms with E-state index < -0.39 is 0 Å². The molecule has 0 amide bonds. The van der Waals surface area contributed by atoms with Crippen LogP contribution in [0.5, 0.6) is 0 Å². The predicted octanol–water partition coefficient (Wildman–Crippen LogP) is 4.86. The highest BCUT2D eigenvalue weighted by Crippen LogP contribution is 2.21. The van der Waals surface area contributed by atoms with Gasteiger partial charge in [-0.1, -0.05) is 48.9 Å². The molecular weight excluding hydrogens is 302 g/mol. The van der Waals surface area contributed by atoms with E-state index in [4.69, 9.17) is 10.1 Å². The maximum absolute atomic E-state index is 4.95. The van der Waals surface area contributed by atoms with Crippen molar-refractivity contribution in [1.82, 2.24) is 4.68 Å². The molecule has 3 nitrogen and oxygen atoms in total. The number of benzene rings is 1. The Bertz CT molecular complexity index is 757. The summed E-state index contributed by atoms with van der Waals surface area (Å²) in [5.74, 6) is 0. The molecule has 2 aromatic rings. The third-order valence-electron chi connectivity index (χ3n) is 3.91. The maximum atomic E-state index is 4.95. The fourth-order valence-corrected chi connectivity index (χ4v) is 3.55. The Hall–Kier alpha value is -1.94. The molecule has 0 bridgehead atoms. The van der Waals surface area contributed by atoms with Gasteiger partial charge in [0.1, 0.15) is 0 Å². The van der Waals surface area contributed by atoms with Crippen molar-refractivity contribution < 1.29 is 0 Å². The molecule has 1 aromatic carbocycles. The van der Waals surface area contributed by atoms with Crippen LogP contribution >= 0.6 is 11.3 Å². The van der Waals surface area contributed by atoms with E-state index in [1.807, 2.05) is 17.7 Å². The van der Waals surface area contributed by atoms with Crippen LogP contribution in [0.1, 0.15) is 39.0 Å². The average Bonchev–Trinajstić information content (AvgIpc) is 2.97. The Balaban J connectivity index is 2.06. The van der Waals surface area contributed by atoms with Gasteiger partial charge in [0.05, 0.1) is 12.2 Å². The lowest BCUT2D eigenvalue weighted by Gasteiger charge is -2.13. The van der Waals surface area contributed by atoms with Crippen molar-refractivity contribution >= 4 is 17.0 Å². The van der Waals surface area contributed by atoms with Gasteiger partial charge in [-0.05, 0) is 32.6 Å². The van der Waals surface area contributed by atoms with Gasteiger partial charge in [0.2, 0.25) is 4.80 Å². The van der Waals surface area contributed by atoms with Crippen molar-refractivity contribution in [3.8, 4) is 11.3 Å². The molecule has 0 atom stereocenters. The Morgan fingerprint density at radius 1 is 1.17 bits per heavy atom. The molecule has 0 unspecified atom stereocenters. The van der Waals surface area contributed by atoms with Crippen molar-refractivity contribution in [2.24, 2.45) is 10.1 Å². The van der Waals surface area contributed by atoms with Crippen molar-refractivity contribution in [1.29, 1.82) is 0 Å². The highest BCUT2D eigenvalue weighted by Gasteiger charge is 2.11. The van der Waals surface area contributed by atoms with Crippen LogP contribution in [0.3, 0.4) is 0 Å². The molecule has 120 valence electrons. The van der Waals surface area contributed by atoms with E-state index in [0.717, 1.165) is 28.9 Å². The number of aromatic nitrogens is 1. The van der Waals surface area contributed by atoms with Gasteiger partial charge in [0, 0.05) is 16.7 Å². The first-order chi connectivity index (χ1) is 11.2. The summed E-state index contributed by atoms with van der Waals surface area (Å²) in [5.41, 5.74) is 4.66. The molecule has 1 aliphatic carbocycles. The highest BCUT2D eigenvalue weighted by atomic mass is 32.1. The first-order valence-electron chi connectivity index (χ1n) is 8.21. The molecule has 1 heterocycles. The molecule has 23 heavy (non-hydrogen) atoms. The molecule has 1 fully saturated rings. The summed E-state index contributed by atoms with van der Waals surface area (Å²) >= 11 is 1.65. The normalized spacial score (nSPS) is 15.7. The fourth-order valence-electron chi connectivity index (χ4n) is 2.72. The predicted molar refractivity (Wildman–Crippen MR) is 98.9 cm³/mol. The molecule has 1 saturated carbocycles. The number of rotatable bonds is 4. The molecule has 0 N–H and O–H groups in total. The van der Waals surface area contributed by atoms with Crippen LogP contribution in [0.2, 0.25) is 0 Å². The van der Waals surface area contributed by atoms with Crippen LogP contribution in [0.25, 0.3) is 11.3 Å². The van der Waals surface area contributed by atoms with E-state index >= 15 is 0 Å². The summed E-state index contributed by atoms with van der Waals surface area (Å²) in [6.07, 6.45) is 6.05. The molecule has 1 aromatic heterocycles. The van der Waals surface area contributed by atoms with Crippen LogP contribution in [-0.4, -0.2) is 16.9 Å². The van der Waals surface area contributed by atoms with Crippen molar-refractivity contribution in [2.45, 2.75) is 39.0 Å². The first-order valence-corrected chi connectivity index (χ1v) is 9.09. The Morgan fingerprint density at radius 2 is 1.91 bits per heavy atom. The van der Waals surface area contributed by atoms with E-state index in [-0.39, 0.29) is 0 Å². The van der Waals surface area contributed by atoms with E-state index in [0.29, 0.717) is 6.54 Å². The topological polar surface area (TPSA) is 29.6 Å². The monoisotopic (exact) mass is 325 g/mol. The molecule has 3 rings (SSSR count). The standard InChI is InChI=1S/C19H23N3S/c1-15(2)13-20-19-22(21-17-11-7-4-8-12-17)18(14-23-19)16-9-5-3-6-10-16/h3,5-6,9-10,14H,1,4,7-8,11-13H2,2H3. The number of nitrogens with zero attached hydrogens (tertiary/aromatic N) is 3. The van der Waals surface area contributed by atoms with Crippen molar-refractivity contribution in [2.75, 3.05) is 6.54 Å². The van der Waals surface area contributed by atoms with Gasteiger partial charge in [-0.3, -0.25) is 4.99 Å². The third kappa shape index (κ3) is 4.08. The zero-order valence-corrected chi connectivity index (χ0v) is 14.5. The minimum Gasteiger partial charge on any atom is -0.253 e. The van der Waals surface area contributed by atoms with Crippen LogP contribution < -0.4 is 4.80 Å². The molecular formula is C19H23N3S. The van der Waals surface area contributed by atoms with Crippen molar-refractivity contribution in [3.63, 3.8) is 0 Å². The van der Waals surface area contributed by atoms with Crippen LogP contribution in [0.4, 0.5) is 0 Å². The number of thiazole rings is 1. The van der Waals surface area contributed by atoms with Gasteiger partial charge in [-0.15, -0.1) is 11.3 Å². The van der Waals surface area contributed by atoms with Gasteiger partial charge in [0.15, 0.2) is 0 Å². The Morgan fingerprint density at radius 3 is 2.61 bits per heavy atom. The first kappa shape index (κ1) is 15.9. The van der Waals surface area contributed by atoms with Crippen LogP contribution in [-0.2, 0) is 0 Å². The van der Waals surface area contributed by atoms with Gasteiger partial charge >= 0.3 is 0 Å². The lowest BCUT2D eigenvalue weighted by atomic mass is 9.99. The molecule has 0 saturated heterocycles. The fraction of sp³-hybridized carbons (Fsp3) is 0.368. The van der Waals surface area contributed by atoms with Gasteiger partial charge < -0.3 is 0 Å². The lowest BCUT2D eigenvalue weighted by molar-refractivity contribution is 0.655. The minimum absolute atomic E-state index is 0.652. The second-order valence-corrected chi connectivity index (χ2v) is 6.92. The summed E-state index contributed by atoms with van der Waals surface area (Å²) in [4.78, 5) is 5.64. The second kappa shape index (κ2) is 7.55. The van der Waals surface area contributed by atoms with Crippen molar-refractivity contribution in [3.05, 3.63) is 52.7 Å². The zero-order chi connectivity index (χ0) is 16.1. The highest BCUT2D eigenvalue weighted by molar-refractivity contribution is 7.07. The SMILES string of the molecule is C=C(C)CN=c1scc(-c2ccccc2)n1N=C1CCCCC1. The summed E-state index contributed by atoms with van der Waals surface area (Å²) in [6.45, 7) is 6.61. The summed E-state index contributed by atoms with van der Waals surface area (Å²) in [5, 5.41) is 7.10. The molecule has 0 spiro atoms. The number of hydrogen-bond donors (Lipinski definition) is 0. The Kier molecular flexibility index (Phi) is 5.23. The summed E-state index contributed by atoms with van der Waals surface area (Å²) in [6, 6.07) is 10.4. The average molecular weight is 325 g/mol. The number of hydrogen-bond acceptors (Lipinski definition) is 3. The van der Waals surface area contributed by atoms with Gasteiger partial charge in [-0.25, -0.2) is 4.68 Å². The smallest absolute Gasteiger partial charge is 0.206 e. The zero-order valence-electron chi connectivity index (χ0n) is 13.7. The Labute approximate surface area is 141 Å². The quantitative estimate of drug-likeness (QED) is 0.719. The molecule has 0 aliphatic heterocycles. The van der Waals surface area contributed by atoms with E-state index in [1.165, 1.54) is 30.5 Å². The van der Waals surface area contributed by atoms with E-state index in [1.54, 1.807) is 11.3 Å². The molecule has 1 aliphatic rings. The maximum Gasteiger partial charge on any atom is 0.206 e. The third-order valence-corrected chi connectivity index (χ3v) is 4.77. The van der Waals surface area contributed by atoms with Crippen LogP contribution in [0, 0.1) is 0 Å². The molecule has 4 heteroatoms. The summed E-state index contributed by atoms with van der Waals surface area (Å²) in [7, 11) is 0. The van der Waals surface area contributed by atoms with Crippen LogP contribution in [0.15, 0.2) is 58.0 Å². The van der Waals surface area contributed by atoms with E-state index in [9.17, 15) is 0 Å². The largest absolute Gasteiger partial charge is 0.253 e.